The number of halogens is 2. The minimum Gasteiger partial charge on any atom is -0.370 e. The van der Waals surface area contributed by atoms with Gasteiger partial charge >= 0.3 is 0 Å². The van der Waals surface area contributed by atoms with Crippen LogP contribution in [0, 0.1) is 11.6 Å². The molecule has 0 aliphatic heterocycles. The molecule has 0 saturated carbocycles. The van der Waals surface area contributed by atoms with Gasteiger partial charge in [0.25, 0.3) is 0 Å². The lowest BCUT2D eigenvalue weighted by atomic mass is 10.1. The Balaban J connectivity index is 2.22. The Morgan fingerprint density at radius 3 is 2.40 bits per heavy atom. The summed E-state index contributed by atoms with van der Waals surface area (Å²) in [5, 5.41) is 0. The molecule has 0 bridgehead atoms. The smallest absolute Gasteiger partial charge is 0.128 e. The van der Waals surface area contributed by atoms with Gasteiger partial charge in [-0.1, -0.05) is 18.2 Å². The molecule has 0 heterocycles. The summed E-state index contributed by atoms with van der Waals surface area (Å²) in [7, 11) is 1.89. The molecule has 20 heavy (non-hydrogen) atoms. The van der Waals surface area contributed by atoms with Gasteiger partial charge in [-0.3, -0.25) is 0 Å². The third-order valence-electron chi connectivity index (χ3n) is 3.23. The first-order chi connectivity index (χ1) is 9.61. The zero-order valence-electron chi connectivity index (χ0n) is 11.4. The predicted octanol–water partition coefficient (Wildman–Crippen LogP) is 3.10. The van der Waals surface area contributed by atoms with Crippen molar-refractivity contribution in [1.82, 2.24) is 0 Å². The molecule has 2 nitrogen and oxygen atoms in total. The van der Waals surface area contributed by atoms with E-state index in [0.29, 0.717) is 25.1 Å². The largest absolute Gasteiger partial charge is 0.370 e. The summed E-state index contributed by atoms with van der Waals surface area (Å²) in [6.07, 6.45) is 0.496. The molecule has 2 N–H and O–H groups in total. The number of nitrogens with zero attached hydrogens (tertiary/aromatic N) is 1. The first-order valence-corrected chi connectivity index (χ1v) is 6.55. The predicted molar refractivity (Wildman–Crippen MR) is 77.7 cm³/mol. The molecule has 106 valence electrons. The fourth-order valence-electron chi connectivity index (χ4n) is 2.25. The molecule has 0 saturated heterocycles. The molecule has 2 aromatic rings. The highest BCUT2D eigenvalue weighted by atomic mass is 19.1. The van der Waals surface area contributed by atoms with Crippen molar-refractivity contribution in [3.63, 3.8) is 0 Å². The molecular weight excluding hydrogens is 258 g/mol. The zero-order valence-corrected chi connectivity index (χ0v) is 11.4. The maximum atomic E-state index is 13.9. The van der Waals surface area contributed by atoms with E-state index in [1.165, 1.54) is 18.2 Å². The lowest BCUT2D eigenvalue weighted by molar-refractivity contribution is 0.608. The van der Waals surface area contributed by atoms with Crippen LogP contribution in [0.4, 0.5) is 14.5 Å². The van der Waals surface area contributed by atoms with E-state index in [9.17, 15) is 8.78 Å². The van der Waals surface area contributed by atoms with Crippen molar-refractivity contribution in [3.05, 3.63) is 65.2 Å². The van der Waals surface area contributed by atoms with Gasteiger partial charge in [0.2, 0.25) is 0 Å². The molecule has 2 rings (SSSR count). The van der Waals surface area contributed by atoms with E-state index in [1.807, 2.05) is 18.0 Å². The molecule has 0 aliphatic carbocycles. The molecule has 0 aromatic heterocycles. The minimum absolute atomic E-state index is 0.237. The van der Waals surface area contributed by atoms with Crippen LogP contribution >= 0.6 is 0 Å². The molecule has 0 aliphatic rings. The average molecular weight is 276 g/mol. The summed E-state index contributed by atoms with van der Waals surface area (Å²) < 4.78 is 26.7. The van der Waals surface area contributed by atoms with Crippen molar-refractivity contribution in [2.45, 2.75) is 13.0 Å². The fraction of sp³-hybridized carbons (Fsp3) is 0.250. The van der Waals surface area contributed by atoms with E-state index in [2.05, 4.69) is 0 Å². The zero-order chi connectivity index (χ0) is 14.5. The summed E-state index contributed by atoms with van der Waals surface area (Å²) in [6, 6.07) is 11.3. The number of rotatable bonds is 5. The third-order valence-corrected chi connectivity index (χ3v) is 3.23. The van der Waals surface area contributed by atoms with E-state index in [-0.39, 0.29) is 11.6 Å². The first kappa shape index (κ1) is 14.5. The van der Waals surface area contributed by atoms with Crippen molar-refractivity contribution in [2.75, 3.05) is 18.5 Å². The summed E-state index contributed by atoms with van der Waals surface area (Å²) in [4.78, 5) is 1.95. The summed E-state index contributed by atoms with van der Waals surface area (Å²) in [5.74, 6) is -0.495. The Kier molecular flexibility index (Phi) is 4.69. The van der Waals surface area contributed by atoms with Crippen LogP contribution in [-0.4, -0.2) is 13.6 Å². The molecule has 0 spiro atoms. The molecule has 0 atom stereocenters. The van der Waals surface area contributed by atoms with Crippen molar-refractivity contribution >= 4 is 5.69 Å². The Morgan fingerprint density at radius 1 is 1.05 bits per heavy atom. The Bertz CT molecular complexity index is 567. The summed E-state index contributed by atoms with van der Waals surface area (Å²) in [6.45, 7) is 0.986. The van der Waals surface area contributed by atoms with Crippen molar-refractivity contribution in [2.24, 2.45) is 5.73 Å². The second-order valence-electron chi connectivity index (χ2n) is 4.76. The van der Waals surface area contributed by atoms with Crippen LogP contribution in [0.15, 0.2) is 42.5 Å². The van der Waals surface area contributed by atoms with Gasteiger partial charge in [0, 0.05) is 24.8 Å². The van der Waals surface area contributed by atoms with E-state index < -0.39 is 0 Å². The Labute approximate surface area is 117 Å². The highest BCUT2D eigenvalue weighted by Gasteiger charge is 2.11. The molecule has 0 unspecified atom stereocenters. The monoisotopic (exact) mass is 276 g/mol. The van der Waals surface area contributed by atoms with Crippen LogP contribution in [-0.2, 0) is 13.0 Å². The van der Waals surface area contributed by atoms with Gasteiger partial charge in [-0.05, 0) is 42.8 Å². The molecular formula is C16H18F2N2. The van der Waals surface area contributed by atoms with E-state index in [0.717, 1.165) is 11.3 Å². The molecule has 4 heteroatoms. The van der Waals surface area contributed by atoms with Crippen LogP contribution < -0.4 is 10.6 Å². The van der Waals surface area contributed by atoms with E-state index >= 15 is 0 Å². The summed E-state index contributed by atoms with van der Waals surface area (Å²) in [5.41, 5.74) is 7.95. The van der Waals surface area contributed by atoms with Gasteiger partial charge in [-0.15, -0.1) is 0 Å². The van der Waals surface area contributed by atoms with E-state index in [1.54, 1.807) is 18.2 Å². The Hall–Kier alpha value is -1.94. The topological polar surface area (TPSA) is 29.3 Å². The van der Waals surface area contributed by atoms with Crippen LogP contribution in [0.2, 0.25) is 0 Å². The van der Waals surface area contributed by atoms with E-state index in [4.69, 9.17) is 5.73 Å². The SMILES string of the molecule is CN(Cc1ccc(F)cc1)c1cccc(F)c1CCN. The molecule has 2 aromatic carbocycles. The lowest BCUT2D eigenvalue weighted by Gasteiger charge is -2.23. The highest BCUT2D eigenvalue weighted by molar-refractivity contribution is 5.54. The van der Waals surface area contributed by atoms with Crippen molar-refractivity contribution < 1.29 is 8.78 Å². The fourth-order valence-corrected chi connectivity index (χ4v) is 2.25. The maximum Gasteiger partial charge on any atom is 0.128 e. The van der Waals surface area contributed by atoms with Crippen molar-refractivity contribution in [3.8, 4) is 0 Å². The molecule has 0 fully saturated rings. The number of anilines is 1. The number of nitrogens with two attached hydrogens (primary N) is 1. The number of benzene rings is 2. The second kappa shape index (κ2) is 6.48. The van der Waals surface area contributed by atoms with Gasteiger partial charge < -0.3 is 10.6 Å². The van der Waals surface area contributed by atoms with Gasteiger partial charge in [0.05, 0.1) is 0 Å². The molecule has 0 amide bonds. The number of hydrogen-bond donors (Lipinski definition) is 1. The standard InChI is InChI=1S/C16H18F2N2/c1-20(11-12-5-7-13(17)8-6-12)16-4-2-3-15(18)14(16)9-10-19/h2-8H,9-11,19H2,1H3. The van der Waals surface area contributed by atoms with Crippen LogP contribution in [0.1, 0.15) is 11.1 Å². The van der Waals surface area contributed by atoms with Gasteiger partial charge in [0.1, 0.15) is 11.6 Å². The van der Waals surface area contributed by atoms with Gasteiger partial charge in [-0.25, -0.2) is 8.78 Å². The van der Waals surface area contributed by atoms with Crippen LogP contribution in [0.25, 0.3) is 0 Å². The van der Waals surface area contributed by atoms with Crippen LogP contribution in [0.3, 0.4) is 0 Å². The molecule has 0 radical (unpaired) electrons. The first-order valence-electron chi connectivity index (χ1n) is 6.55. The quantitative estimate of drug-likeness (QED) is 0.909. The average Bonchev–Trinajstić information content (AvgIpc) is 2.43. The minimum atomic E-state index is -0.258. The number of hydrogen-bond acceptors (Lipinski definition) is 2. The van der Waals surface area contributed by atoms with Gasteiger partial charge in [-0.2, -0.15) is 0 Å². The summed E-state index contributed by atoms with van der Waals surface area (Å²) >= 11 is 0. The maximum absolute atomic E-state index is 13.9. The van der Waals surface area contributed by atoms with Crippen LogP contribution in [0.5, 0.6) is 0 Å². The third kappa shape index (κ3) is 3.33. The Morgan fingerprint density at radius 2 is 1.75 bits per heavy atom. The second-order valence-corrected chi connectivity index (χ2v) is 4.76. The lowest BCUT2D eigenvalue weighted by Crippen LogP contribution is -2.19. The highest BCUT2D eigenvalue weighted by Crippen LogP contribution is 2.24. The van der Waals surface area contributed by atoms with Crippen molar-refractivity contribution in [1.29, 1.82) is 0 Å². The normalized spacial score (nSPS) is 10.6. The van der Waals surface area contributed by atoms with Gasteiger partial charge in [0.15, 0.2) is 0 Å².